The van der Waals surface area contributed by atoms with Crippen molar-refractivity contribution in [2.24, 2.45) is 0 Å². The van der Waals surface area contributed by atoms with Crippen LogP contribution in [0.5, 0.6) is 5.88 Å². The molecule has 10 heteroatoms. The van der Waals surface area contributed by atoms with Gasteiger partial charge in [0.05, 0.1) is 6.20 Å². The number of nitrogens with zero attached hydrogens (tertiary/aromatic N) is 4. The molecule has 0 fully saturated rings. The number of hydrogen-bond donors (Lipinski definition) is 3. The Hall–Kier alpha value is -1.67. The fourth-order valence-corrected chi connectivity index (χ4v) is 0.862. The number of esters is 1. The number of aromatic nitrogens is 6. The van der Waals surface area contributed by atoms with Crippen LogP contribution in [0.3, 0.4) is 0 Å². The Morgan fingerprint density at radius 3 is 2.56 bits per heavy atom. The maximum Gasteiger partial charge on any atom is 0.348 e. The summed E-state index contributed by atoms with van der Waals surface area (Å²) in [6.07, 6.45) is 0.919. The summed E-state index contributed by atoms with van der Waals surface area (Å²) in [6, 6.07) is 0. The van der Waals surface area contributed by atoms with Crippen LogP contribution in [0.4, 0.5) is 0 Å². The van der Waals surface area contributed by atoms with Gasteiger partial charge in [-0.1, -0.05) is 0 Å². The number of H-pyrrole nitrogens is 2. The van der Waals surface area contributed by atoms with E-state index >= 15 is 0 Å². The van der Waals surface area contributed by atoms with E-state index in [1.165, 1.54) is 12.4 Å². The van der Waals surface area contributed by atoms with E-state index in [1.54, 1.807) is 0 Å². The normalized spacial score (nSPS) is 11.6. The number of ether oxygens (including phenoxy) is 1. The smallest absolute Gasteiger partial charge is 0.348 e. The predicted molar refractivity (Wildman–Crippen MR) is 43.4 cm³/mol. The van der Waals surface area contributed by atoms with Gasteiger partial charge in [0.1, 0.15) is 11.9 Å². The number of carbonyl (C=O) groups excluding carboxylic acids is 1. The van der Waals surface area contributed by atoms with E-state index in [2.05, 4.69) is 35.6 Å². The molecule has 2 aromatic rings. The number of nitrogens with one attached hydrogen (secondary N) is 2. The third-order valence-electron chi connectivity index (χ3n) is 1.54. The number of aliphatic hydroxyl groups is 1. The number of aliphatic hydroxyl groups excluding tert-OH is 1. The Morgan fingerprint density at radius 2 is 2.00 bits per heavy atom. The largest absolute Gasteiger partial charge is 0.402 e. The van der Waals surface area contributed by atoms with Crippen LogP contribution in [0.25, 0.3) is 0 Å². The summed E-state index contributed by atoms with van der Waals surface area (Å²) in [4.78, 5) is 11.3. The third-order valence-corrected chi connectivity index (χ3v) is 1.54. The summed E-state index contributed by atoms with van der Waals surface area (Å²) in [5.74, 6) is -0.930. The van der Waals surface area contributed by atoms with Gasteiger partial charge in [0.25, 0.3) is 5.88 Å². The topological polar surface area (TPSA) is 130 Å². The van der Waals surface area contributed by atoms with Gasteiger partial charge in [0.2, 0.25) is 0 Å². The van der Waals surface area contributed by atoms with Gasteiger partial charge in [0.15, 0.2) is 6.10 Å². The van der Waals surface area contributed by atoms with Crippen molar-refractivity contribution in [3.8, 4) is 5.88 Å². The standard InChI is InChI=1S/C6H6N6O3.Zn/c13-5(3-1-7-11-9-3)6(14)15-4-2-8-12-10-4;/h1-2,5,13H,(H,7,9,11)(H,8,10,12);. The van der Waals surface area contributed by atoms with E-state index < -0.39 is 12.1 Å². The van der Waals surface area contributed by atoms with Crippen LogP contribution in [0.15, 0.2) is 12.4 Å². The van der Waals surface area contributed by atoms with Gasteiger partial charge >= 0.3 is 5.97 Å². The first kappa shape index (κ1) is 12.4. The quantitative estimate of drug-likeness (QED) is 0.462. The van der Waals surface area contributed by atoms with Crippen molar-refractivity contribution in [1.82, 2.24) is 30.8 Å². The van der Waals surface area contributed by atoms with Crippen molar-refractivity contribution >= 4 is 5.97 Å². The summed E-state index contributed by atoms with van der Waals surface area (Å²) < 4.78 is 4.66. The molecule has 3 N–H and O–H groups in total. The Kier molecular flexibility index (Phi) is 4.21. The molecule has 0 radical (unpaired) electrons. The Labute approximate surface area is 101 Å². The molecule has 0 saturated carbocycles. The molecule has 0 aromatic carbocycles. The Morgan fingerprint density at radius 1 is 1.31 bits per heavy atom. The second kappa shape index (κ2) is 5.43. The molecule has 2 aromatic heterocycles. The van der Waals surface area contributed by atoms with E-state index in [0.29, 0.717) is 0 Å². The van der Waals surface area contributed by atoms with Crippen LogP contribution in [-0.2, 0) is 24.3 Å². The first-order valence-corrected chi connectivity index (χ1v) is 3.88. The van der Waals surface area contributed by atoms with Crippen LogP contribution in [0, 0.1) is 0 Å². The van der Waals surface area contributed by atoms with E-state index in [0.717, 1.165) is 0 Å². The molecule has 0 bridgehead atoms. The third kappa shape index (κ3) is 2.68. The van der Waals surface area contributed by atoms with Gasteiger partial charge in [0, 0.05) is 19.5 Å². The van der Waals surface area contributed by atoms with Crippen LogP contribution < -0.4 is 4.74 Å². The van der Waals surface area contributed by atoms with Gasteiger partial charge < -0.3 is 9.84 Å². The Bertz CT molecular complexity index is 429. The second-order valence-corrected chi connectivity index (χ2v) is 2.53. The van der Waals surface area contributed by atoms with Gasteiger partial charge in [-0.2, -0.15) is 25.7 Å². The zero-order chi connectivity index (χ0) is 10.7. The molecule has 0 spiro atoms. The van der Waals surface area contributed by atoms with Gasteiger partial charge in [-0.15, -0.1) is 5.10 Å². The molecule has 1 unspecified atom stereocenters. The van der Waals surface area contributed by atoms with Crippen LogP contribution >= 0.6 is 0 Å². The zero-order valence-electron chi connectivity index (χ0n) is 7.99. The van der Waals surface area contributed by atoms with Crippen molar-refractivity contribution in [3.05, 3.63) is 18.1 Å². The maximum absolute atomic E-state index is 11.3. The summed E-state index contributed by atoms with van der Waals surface area (Å²) in [5, 5.41) is 27.8. The monoisotopic (exact) mass is 274 g/mol. The number of hydrogen-bond acceptors (Lipinski definition) is 7. The zero-order valence-corrected chi connectivity index (χ0v) is 11.0. The molecule has 1 atom stereocenters. The van der Waals surface area contributed by atoms with Crippen molar-refractivity contribution < 1.29 is 34.1 Å². The van der Waals surface area contributed by atoms with Crippen molar-refractivity contribution in [2.45, 2.75) is 6.10 Å². The molecule has 16 heavy (non-hydrogen) atoms. The molecule has 2 heterocycles. The number of aromatic amines is 2. The minimum absolute atomic E-state index is 0. The van der Waals surface area contributed by atoms with Crippen LogP contribution in [-0.4, -0.2) is 41.9 Å². The summed E-state index contributed by atoms with van der Waals surface area (Å²) in [7, 11) is 0. The van der Waals surface area contributed by atoms with Crippen molar-refractivity contribution in [3.63, 3.8) is 0 Å². The van der Waals surface area contributed by atoms with E-state index in [9.17, 15) is 9.90 Å². The SMILES string of the molecule is O=C(Oc1cn[nH]n1)C(O)c1cn[nH]n1.[Zn]. The summed E-state index contributed by atoms with van der Waals surface area (Å²) in [6.45, 7) is 0. The average molecular weight is 276 g/mol. The maximum atomic E-state index is 11.3. The molecule has 0 saturated heterocycles. The van der Waals surface area contributed by atoms with E-state index in [4.69, 9.17) is 0 Å². The van der Waals surface area contributed by atoms with Crippen molar-refractivity contribution in [1.29, 1.82) is 0 Å². The van der Waals surface area contributed by atoms with Gasteiger partial charge in [-0.25, -0.2) is 4.79 Å². The molecule has 80 valence electrons. The Balaban J connectivity index is 0.00000128. The average Bonchev–Trinajstić information content (AvgIpc) is 2.88. The molecule has 9 nitrogen and oxygen atoms in total. The molecule has 0 amide bonds. The minimum Gasteiger partial charge on any atom is -0.402 e. The minimum atomic E-state index is -1.50. The first-order valence-electron chi connectivity index (χ1n) is 3.88. The first-order chi connectivity index (χ1) is 7.27. The number of rotatable bonds is 3. The van der Waals surface area contributed by atoms with Crippen LogP contribution in [0.2, 0.25) is 0 Å². The molecule has 0 aliphatic heterocycles. The second-order valence-electron chi connectivity index (χ2n) is 2.53. The molecular weight excluding hydrogens is 269 g/mol. The molecule has 2 rings (SSSR count). The van der Waals surface area contributed by atoms with Gasteiger partial charge in [-0.05, 0) is 0 Å². The fraction of sp³-hybridized carbons (Fsp3) is 0.167. The summed E-state index contributed by atoms with van der Waals surface area (Å²) >= 11 is 0. The predicted octanol–water partition coefficient (Wildman–Crippen LogP) is -1.44. The van der Waals surface area contributed by atoms with Gasteiger partial charge in [-0.3, -0.25) is 0 Å². The molecule has 0 aliphatic carbocycles. The van der Waals surface area contributed by atoms with Crippen molar-refractivity contribution in [2.75, 3.05) is 0 Å². The fourth-order valence-electron chi connectivity index (χ4n) is 0.862. The van der Waals surface area contributed by atoms with E-state index in [1.807, 2.05) is 0 Å². The van der Waals surface area contributed by atoms with E-state index in [-0.39, 0.29) is 31.1 Å². The molecular formula is C6H6N6O3Zn. The van der Waals surface area contributed by atoms with Crippen LogP contribution in [0.1, 0.15) is 11.8 Å². The summed E-state index contributed by atoms with van der Waals surface area (Å²) in [5.41, 5.74) is 0.0727. The molecule has 0 aliphatic rings. The number of carbonyl (C=O) groups is 1.